The van der Waals surface area contributed by atoms with Crippen molar-refractivity contribution in [1.82, 2.24) is 14.8 Å². The fraction of sp³-hybridized carbons (Fsp3) is 0.333. The Labute approximate surface area is 130 Å². The molecule has 102 valence electrons. The summed E-state index contributed by atoms with van der Waals surface area (Å²) in [4.78, 5) is 4.23. The second kappa shape index (κ2) is 6.22. The first-order valence-corrected chi connectivity index (χ1v) is 7.37. The number of halogens is 3. The van der Waals surface area contributed by atoms with Crippen LogP contribution in [0.1, 0.15) is 30.8 Å². The highest BCUT2D eigenvalue weighted by Crippen LogP contribution is 2.30. The number of hydrogen-bond acceptors (Lipinski definition) is 3. The van der Waals surface area contributed by atoms with E-state index in [1.54, 1.807) is 12.3 Å². The molecule has 0 saturated heterocycles. The molecule has 2 aromatic heterocycles. The molecule has 4 nitrogen and oxygen atoms in total. The molecule has 2 heterocycles. The molecule has 2 rings (SSSR count). The zero-order valence-electron chi connectivity index (χ0n) is 10.3. The summed E-state index contributed by atoms with van der Waals surface area (Å²) in [7, 11) is 0. The topological polar surface area (TPSA) is 56.7 Å². The predicted molar refractivity (Wildman–Crippen MR) is 80.5 cm³/mol. The van der Waals surface area contributed by atoms with Crippen molar-refractivity contribution < 1.29 is 0 Å². The van der Waals surface area contributed by atoms with Gasteiger partial charge >= 0.3 is 0 Å². The quantitative estimate of drug-likeness (QED) is 0.898. The minimum absolute atomic E-state index is 0.451. The number of rotatable bonds is 4. The smallest absolute Gasteiger partial charge is 0.0923 e. The first-order valence-electron chi connectivity index (χ1n) is 5.82. The molecular formula is C12H13BrCl2N4. The number of aryl methyl sites for hydroxylation is 1. The Kier molecular flexibility index (Phi) is 4.84. The summed E-state index contributed by atoms with van der Waals surface area (Å²) in [5.74, 6) is 0. The molecular weight excluding hydrogens is 351 g/mol. The number of aromatic nitrogens is 3. The molecule has 0 bridgehead atoms. The Hall–Kier alpha value is -0.620. The molecule has 2 N–H and O–H groups in total. The van der Waals surface area contributed by atoms with Crippen LogP contribution in [0, 0.1) is 0 Å². The normalized spacial score (nSPS) is 12.7. The predicted octanol–water partition coefficient (Wildman–Crippen LogP) is 3.81. The van der Waals surface area contributed by atoms with Crippen LogP contribution in [-0.4, -0.2) is 14.8 Å². The third-order valence-electron chi connectivity index (χ3n) is 2.69. The van der Waals surface area contributed by atoms with Gasteiger partial charge in [-0.3, -0.25) is 9.67 Å². The number of hydrogen-bond donors (Lipinski definition) is 1. The summed E-state index contributed by atoms with van der Waals surface area (Å²) < 4.78 is 2.71. The van der Waals surface area contributed by atoms with E-state index in [0.717, 1.165) is 23.1 Å². The standard InChI is InChI=1S/C12H13BrCl2N4/c1-2-3-19-12(8(13)6-18-19)10(16)11-9(15)4-7(14)5-17-11/h4-6,10H,2-3,16H2,1H3. The first kappa shape index (κ1) is 14.8. The van der Waals surface area contributed by atoms with Gasteiger partial charge in [0.1, 0.15) is 0 Å². The zero-order chi connectivity index (χ0) is 14.0. The van der Waals surface area contributed by atoms with Crippen LogP contribution in [0.25, 0.3) is 0 Å². The summed E-state index contributed by atoms with van der Waals surface area (Å²) in [5, 5.41) is 5.23. The molecule has 2 aromatic rings. The molecule has 0 saturated carbocycles. The average Bonchev–Trinajstić information content (AvgIpc) is 2.70. The Morgan fingerprint density at radius 3 is 2.79 bits per heavy atom. The van der Waals surface area contributed by atoms with E-state index < -0.39 is 6.04 Å². The maximum atomic E-state index is 6.26. The molecule has 1 atom stereocenters. The van der Waals surface area contributed by atoms with E-state index in [-0.39, 0.29) is 0 Å². The second-order valence-corrected chi connectivity index (χ2v) is 5.80. The van der Waals surface area contributed by atoms with Gasteiger partial charge in [0.05, 0.1) is 38.1 Å². The molecule has 0 spiro atoms. The molecule has 19 heavy (non-hydrogen) atoms. The zero-order valence-corrected chi connectivity index (χ0v) is 13.4. The Morgan fingerprint density at radius 2 is 2.16 bits per heavy atom. The van der Waals surface area contributed by atoms with Gasteiger partial charge in [0.15, 0.2) is 0 Å². The minimum atomic E-state index is -0.451. The highest BCUT2D eigenvalue weighted by molar-refractivity contribution is 9.10. The van der Waals surface area contributed by atoms with E-state index in [1.165, 1.54) is 6.20 Å². The maximum absolute atomic E-state index is 6.26. The molecule has 0 fully saturated rings. The van der Waals surface area contributed by atoms with Crippen LogP contribution in [0.5, 0.6) is 0 Å². The second-order valence-electron chi connectivity index (χ2n) is 4.10. The molecule has 0 aromatic carbocycles. The third-order valence-corrected chi connectivity index (χ3v) is 3.81. The lowest BCUT2D eigenvalue weighted by Gasteiger charge is -2.15. The average molecular weight is 364 g/mol. The van der Waals surface area contributed by atoms with Crippen LogP contribution in [0.2, 0.25) is 10.0 Å². The SMILES string of the molecule is CCCn1ncc(Br)c1C(N)c1ncc(Cl)cc1Cl. The third kappa shape index (κ3) is 3.11. The van der Waals surface area contributed by atoms with E-state index >= 15 is 0 Å². The van der Waals surface area contributed by atoms with Crippen molar-refractivity contribution in [2.45, 2.75) is 25.9 Å². The fourth-order valence-electron chi connectivity index (χ4n) is 1.85. The van der Waals surface area contributed by atoms with Crippen LogP contribution < -0.4 is 5.73 Å². The van der Waals surface area contributed by atoms with Gasteiger partial charge in [-0.1, -0.05) is 30.1 Å². The lowest BCUT2D eigenvalue weighted by atomic mass is 10.1. The number of pyridine rings is 1. The number of nitrogens with zero attached hydrogens (tertiary/aromatic N) is 3. The Balaban J connectivity index is 2.43. The highest BCUT2D eigenvalue weighted by Gasteiger charge is 2.21. The van der Waals surface area contributed by atoms with Crippen molar-refractivity contribution in [3.8, 4) is 0 Å². The van der Waals surface area contributed by atoms with Crippen LogP contribution >= 0.6 is 39.1 Å². The van der Waals surface area contributed by atoms with Crippen LogP contribution in [-0.2, 0) is 6.54 Å². The Bertz CT molecular complexity index is 585. The van der Waals surface area contributed by atoms with Crippen molar-refractivity contribution in [3.05, 3.63) is 44.4 Å². The fourth-order valence-corrected chi connectivity index (χ4v) is 2.90. The molecule has 0 aliphatic carbocycles. The molecule has 7 heteroatoms. The van der Waals surface area contributed by atoms with Crippen LogP contribution in [0.3, 0.4) is 0 Å². The van der Waals surface area contributed by atoms with Gasteiger partial charge in [0.25, 0.3) is 0 Å². The van der Waals surface area contributed by atoms with Crippen molar-refractivity contribution in [2.75, 3.05) is 0 Å². The molecule has 1 unspecified atom stereocenters. The van der Waals surface area contributed by atoms with Crippen LogP contribution in [0.15, 0.2) is 22.9 Å². The summed E-state index contributed by atoms with van der Waals surface area (Å²) in [6.45, 7) is 2.87. The van der Waals surface area contributed by atoms with Crippen molar-refractivity contribution in [1.29, 1.82) is 0 Å². The minimum Gasteiger partial charge on any atom is -0.318 e. The van der Waals surface area contributed by atoms with Gasteiger partial charge in [-0.25, -0.2) is 0 Å². The summed E-state index contributed by atoms with van der Waals surface area (Å²) in [6, 6.07) is 1.19. The first-order chi connectivity index (χ1) is 9.04. The van der Waals surface area contributed by atoms with E-state index in [0.29, 0.717) is 15.7 Å². The lowest BCUT2D eigenvalue weighted by molar-refractivity contribution is 0.556. The van der Waals surface area contributed by atoms with Gasteiger partial charge < -0.3 is 5.73 Å². The highest BCUT2D eigenvalue weighted by atomic mass is 79.9. The summed E-state index contributed by atoms with van der Waals surface area (Å²) in [6.07, 6.45) is 4.24. The summed E-state index contributed by atoms with van der Waals surface area (Å²) in [5.41, 5.74) is 7.71. The lowest BCUT2D eigenvalue weighted by Crippen LogP contribution is -2.19. The van der Waals surface area contributed by atoms with E-state index in [4.69, 9.17) is 28.9 Å². The van der Waals surface area contributed by atoms with Crippen LogP contribution in [0.4, 0.5) is 0 Å². The molecule has 0 aliphatic rings. The van der Waals surface area contributed by atoms with E-state index in [1.807, 2.05) is 4.68 Å². The van der Waals surface area contributed by atoms with Crippen molar-refractivity contribution in [3.63, 3.8) is 0 Å². The molecule has 0 radical (unpaired) electrons. The molecule has 0 amide bonds. The van der Waals surface area contributed by atoms with Gasteiger partial charge in [-0.2, -0.15) is 5.10 Å². The van der Waals surface area contributed by atoms with E-state index in [9.17, 15) is 0 Å². The largest absolute Gasteiger partial charge is 0.318 e. The monoisotopic (exact) mass is 362 g/mol. The van der Waals surface area contributed by atoms with Gasteiger partial charge in [0.2, 0.25) is 0 Å². The summed E-state index contributed by atoms with van der Waals surface area (Å²) >= 11 is 15.5. The number of nitrogens with two attached hydrogens (primary N) is 1. The maximum Gasteiger partial charge on any atom is 0.0923 e. The van der Waals surface area contributed by atoms with E-state index in [2.05, 4.69) is 32.9 Å². The molecule has 0 aliphatic heterocycles. The van der Waals surface area contributed by atoms with Gasteiger partial charge in [-0.15, -0.1) is 0 Å². The van der Waals surface area contributed by atoms with Gasteiger partial charge in [-0.05, 0) is 28.4 Å². The van der Waals surface area contributed by atoms with Crippen molar-refractivity contribution >= 4 is 39.1 Å². The van der Waals surface area contributed by atoms with Gasteiger partial charge in [0, 0.05) is 12.7 Å². The van der Waals surface area contributed by atoms with Crippen molar-refractivity contribution in [2.24, 2.45) is 5.73 Å². The Morgan fingerprint density at radius 1 is 1.42 bits per heavy atom.